The van der Waals surface area contributed by atoms with Gasteiger partial charge in [-0.3, -0.25) is 9.59 Å². The molecule has 1 fully saturated rings. The normalized spacial score (nSPS) is 25.9. The van der Waals surface area contributed by atoms with Crippen LogP contribution in [0.1, 0.15) is 75.2 Å². The Hall–Kier alpha value is -2.04. The van der Waals surface area contributed by atoms with E-state index in [1.54, 1.807) is 6.07 Å². The number of nitrogens with two attached hydrogens (primary N) is 1. The van der Waals surface area contributed by atoms with Crippen LogP contribution in [0.4, 0.5) is 5.69 Å². The zero-order valence-corrected chi connectivity index (χ0v) is 15.0. The van der Waals surface area contributed by atoms with Crippen LogP contribution in [0.15, 0.2) is 12.1 Å². The molecule has 1 saturated carbocycles. The Bertz CT molecular complexity index is 654. The summed E-state index contributed by atoms with van der Waals surface area (Å²) < 4.78 is 0. The van der Waals surface area contributed by atoms with E-state index < -0.39 is 5.91 Å². The van der Waals surface area contributed by atoms with E-state index in [0.717, 1.165) is 31.2 Å². The first-order valence-electron chi connectivity index (χ1n) is 8.48. The molecule has 2 rings (SSSR count). The first kappa shape index (κ1) is 18.3. The van der Waals surface area contributed by atoms with Crippen LogP contribution in [0, 0.1) is 10.8 Å². The molecule has 0 bridgehead atoms. The van der Waals surface area contributed by atoms with Gasteiger partial charge in [-0.1, -0.05) is 40.2 Å². The smallest absolute Gasteiger partial charge is 0.252 e. The second-order valence-electron chi connectivity index (χ2n) is 8.16. The molecule has 2 atom stereocenters. The number of nitrogens with one attached hydrogen (secondary N) is 1. The van der Waals surface area contributed by atoms with Gasteiger partial charge in [0.1, 0.15) is 0 Å². The highest BCUT2D eigenvalue weighted by atomic mass is 16.3. The molecule has 24 heavy (non-hydrogen) atoms. The summed E-state index contributed by atoms with van der Waals surface area (Å²) in [5.41, 5.74) is 6.89. The van der Waals surface area contributed by atoms with E-state index in [2.05, 4.69) is 33.0 Å². The van der Waals surface area contributed by atoms with Crippen molar-refractivity contribution in [2.75, 3.05) is 5.32 Å². The van der Waals surface area contributed by atoms with Crippen LogP contribution in [-0.4, -0.2) is 17.4 Å². The summed E-state index contributed by atoms with van der Waals surface area (Å²) in [6.07, 6.45) is 4.70. The molecule has 4 N–H and O–H groups in total. The van der Waals surface area contributed by atoms with Crippen LogP contribution in [0.2, 0.25) is 0 Å². The quantitative estimate of drug-likeness (QED) is 0.566. The summed E-state index contributed by atoms with van der Waals surface area (Å²) in [6.45, 7) is 9.02. The molecule has 0 heterocycles. The number of primary amides is 1. The van der Waals surface area contributed by atoms with E-state index in [9.17, 15) is 14.7 Å². The number of hydrogen-bond donors (Lipinski definition) is 3. The maximum absolute atomic E-state index is 11.5. The predicted molar refractivity (Wildman–Crippen MR) is 95.1 cm³/mol. The van der Waals surface area contributed by atoms with Gasteiger partial charge >= 0.3 is 0 Å². The fourth-order valence-corrected chi connectivity index (χ4v) is 4.48. The van der Waals surface area contributed by atoms with Gasteiger partial charge in [-0.05, 0) is 47.6 Å². The summed E-state index contributed by atoms with van der Waals surface area (Å²) >= 11 is 0. The van der Waals surface area contributed by atoms with E-state index >= 15 is 0 Å². The lowest BCUT2D eigenvalue weighted by Gasteiger charge is -2.47. The van der Waals surface area contributed by atoms with Crippen molar-refractivity contribution in [3.05, 3.63) is 23.3 Å². The van der Waals surface area contributed by atoms with Crippen LogP contribution in [0.3, 0.4) is 0 Å². The molecular weight excluding hydrogens is 304 g/mol. The largest absolute Gasteiger partial charge is 0.505 e. The van der Waals surface area contributed by atoms with Crippen molar-refractivity contribution in [1.29, 1.82) is 0 Å². The second kappa shape index (κ2) is 6.46. The molecule has 5 nitrogen and oxygen atoms in total. The van der Waals surface area contributed by atoms with Gasteiger partial charge in [-0.2, -0.15) is 0 Å². The highest BCUT2D eigenvalue weighted by Crippen LogP contribution is 2.55. The monoisotopic (exact) mass is 332 g/mol. The lowest BCUT2D eigenvalue weighted by atomic mass is 9.58. The summed E-state index contributed by atoms with van der Waals surface area (Å²) in [4.78, 5) is 22.5. The lowest BCUT2D eigenvalue weighted by Crippen LogP contribution is -2.34. The SMILES string of the molecule is CCC1(C)CC(c2ccc(C(N)=O)c(O)c2NC=O)CC(C)(C)C1. The number of phenols is 1. The van der Waals surface area contributed by atoms with Crippen molar-refractivity contribution in [2.24, 2.45) is 16.6 Å². The van der Waals surface area contributed by atoms with Crippen LogP contribution < -0.4 is 11.1 Å². The number of benzene rings is 1. The van der Waals surface area contributed by atoms with Crippen molar-refractivity contribution in [2.45, 2.75) is 59.3 Å². The van der Waals surface area contributed by atoms with Gasteiger partial charge in [-0.15, -0.1) is 0 Å². The fourth-order valence-electron chi connectivity index (χ4n) is 4.48. The Balaban J connectivity index is 2.52. The van der Waals surface area contributed by atoms with Crippen LogP contribution in [0.5, 0.6) is 5.75 Å². The first-order chi connectivity index (χ1) is 11.1. The van der Waals surface area contributed by atoms with Crippen molar-refractivity contribution in [3.63, 3.8) is 0 Å². The molecule has 2 unspecified atom stereocenters. The summed E-state index contributed by atoms with van der Waals surface area (Å²) in [5, 5.41) is 13.0. The zero-order valence-electron chi connectivity index (χ0n) is 15.0. The molecule has 1 aromatic carbocycles. The number of carbonyl (C=O) groups is 2. The Kier molecular flexibility index (Phi) is 4.92. The third-order valence-corrected chi connectivity index (χ3v) is 5.42. The highest BCUT2D eigenvalue weighted by Gasteiger charge is 2.41. The van der Waals surface area contributed by atoms with Gasteiger partial charge in [0.15, 0.2) is 5.75 Å². The standard InChI is InChI=1S/C19H28N2O3/c1-5-19(4)9-12(8-18(2,3)10-19)13-6-7-14(17(20)24)16(23)15(13)21-11-22/h6-7,11-12,23H,5,8-10H2,1-4H3,(H2,20,24)(H,21,22). The third-order valence-electron chi connectivity index (χ3n) is 5.42. The Morgan fingerprint density at radius 3 is 2.58 bits per heavy atom. The minimum absolute atomic E-state index is 0.0245. The van der Waals surface area contributed by atoms with E-state index in [-0.39, 0.29) is 28.1 Å². The van der Waals surface area contributed by atoms with Crippen LogP contribution >= 0.6 is 0 Å². The summed E-state index contributed by atoms with van der Waals surface area (Å²) in [6, 6.07) is 3.36. The van der Waals surface area contributed by atoms with Crippen molar-refractivity contribution >= 4 is 18.0 Å². The minimum Gasteiger partial charge on any atom is -0.505 e. The van der Waals surface area contributed by atoms with E-state index in [4.69, 9.17) is 5.73 Å². The Labute approximate surface area is 143 Å². The second-order valence-corrected chi connectivity index (χ2v) is 8.16. The molecule has 0 spiro atoms. The minimum atomic E-state index is -0.713. The Morgan fingerprint density at radius 1 is 1.38 bits per heavy atom. The van der Waals surface area contributed by atoms with Gasteiger partial charge in [0, 0.05) is 0 Å². The number of hydrogen-bond acceptors (Lipinski definition) is 3. The molecule has 0 aliphatic heterocycles. The average Bonchev–Trinajstić information content (AvgIpc) is 2.47. The molecule has 0 radical (unpaired) electrons. The van der Waals surface area contributed by atoms with Gasteiger partial charge in [0.05, 0.1) is 11.3 Å². The van der Waals surface area contributed by atoms with Crippen molar-refractivity contribution < 1.29 is 14.7 Å². The summed E-state index contributed by atoms with van der Waals surface area (Å²) in [7, 11) is 0. The number of carbonyl (C=O) groups excluding carboxylic acids is 2. The van der Waals surface area contributed by atoms with Crippen LogP contribution in [-0.2, 0) is 4.79 Å². The molecule has 132 valence electrons. The number of rotatable bonds is 5. The third kappa shape index (κ3) is 3.55. The summed E-state index contributed by atoms with van der Waals surface area (Å²) in [5.74, 6) is -0.752. The van der Waals surface area contributed by atoms with Crippen LogP contribution in [0.25, 0.3) is 0 Å². The molecule has 1 aromatic rings. The van der Waals surface area contributed by atoms with E-state index in [1.807, 2.05) is 6.07 Å². The van der Waals surface area contributed by atoms with Gasteiger partial charge < -0.3 is 16.2 Å². The molecule has 1 aliphatic carbocycles. The van der Waals surface area contributed by atoms with Gasteiger partial charge in [-0.25, -0.2) is 0 Å². The Morgan fingerprint density at radius 2 is 2.04 bits per heavy atom. The maximum Gasteiger partial charge on any atom is 0.252 e. The highest BCUT2D eigenvalue weighted by molar-refractivity contribution is 5.99. The number of aromatic hydroxyl groups is 1. The maximum atomic E-state index is 11.5. The van der Waals surface area contributed by atoms with E-state index in [0.29, 0.717) is 12.1 Å². The molecule has 1 aliphatic rings. The zero-order chi connectivity index (χ0) is 18.1. The number of amides is 2. The van der Waals surface area contributed by atoms with Crippen molar-refractivity contribution in [3.8, 4) is 5.75 Å². The molecule has 0 aromatic heterocycles. The molecular formula is C19H28N2O3. The topological polar surface area (TPSA) is 92.4 Å². The lowest BCUT2D eigenvalue weighted by molar-refractivity contribution is -0.105. The number of anilines is 1. The van der Waals surface area contributed by atoms with E-state index in [1.165, 1.54) is 0 Å². The molecule has 0 saturated heterocycles. The fraction of sp³-hybridized carbons (Fsp3) is 0.579. The average molecular weight is 332 g/mol. The van der Waals surface area contributed by atoms with Gasteiger partial charge in [0.2, 0.25) is 6.41 Å². The molecule has 2 amide bonds. The molecule has 5 heteroatoms. The van der Waals surface area contributed by atoms with Crippen molar-refractivity contribution in [1.82, 2.24) is 0 Å². The van der Waals surface area contributed by atoms with Gasteiger partial charge in [0.25, 0.3) is 5.91 Å². The predicted octanol–water partition coefficient (Wildman–Crippen LogP) is 3.77. The first-order valence-corrected chi connectivity index (χ1v) is 8.48.